The molecule has 1 amide bonds. The third-order valence-electron chi connectivity index (χ3n) is 3.20. The average Bonchev–Trinajstić information content (AvgIpc) is 2.87. The van der Waals surface area contributed by atoms with E-state index in [1.54, 1.807) is 39.0 Å². The minimum atomic E-state index is -0.936. The van der Waals surface area contributed by atoms with Gasteiger partial charge in [-0.3, -0.25) is 9.59 Å². The van der Waals surface area contributed by atoms with Crippen LogP contribution in [0.25, 0.3) is 10.9 Å². The highest BCUT2D eigenvalue weighted by atomic mass is 35.5. The van der Waals surface area contributed by atoms with Crippen molar-refractivity contribution in [2.24, 2.45) is 0 Å². The fourth-order valence-corrected chi connectivity index (χ4v) is 2.29. The first-order valence-electron chi connectivity index (χ1n) is 7.43. The standard InChI is InChI=1S/C17H19ClN2O4/c1-9(16(23)24-17(2,3)4)20-15(22)14(21)12-8-19-13-6-5-10(18)7-11(12)13/h5-9,19H,1-4H3,(H,20,22)/t9-/m0/s1. The number of aromatic nitrogens is 1. The van der Waals surface area contributed by atoms with Crippen LogP contribution in [-0.4, -0.2) is 34.3 Å². The molecule has 0 radical (unpaired) electrons. The molecule has 0 unspecified atom stereocenters. The van der Waals surface area contributed by atoms with E-state index in [0.717, 1.165) is 0 Å². The molecule has 2 rings (SSSR count). The van der Waals surface area contributed by atoms with Crippen LogP contribution < -0.4 is 5.32 Å². The summed E-state index contributed by atoms with van der Waals surface area (Å²) < 4.78 is 5.17. The number of carbonyl (C=O) groups is 3. The van der Waals surface area contributed by atoms with Crippen molar-refractivity contribution >= 4 is 40.2 Å². The van der Waals surface area contributed by atoms with Crippen molar-refractivity contribution in [1.29, 1.82) is 0 Å². The summed E-state index contributed by atoms with van der Waals surface area (Å²) in [5.74, 6) is -2.24. The summed E-state index contributed by atoms with van der Waals surface area (Å²) >= 11 is 5.93. The lowest BCUT2D eigenvalue weighted by atomic mass is 10.1. The molecule has 2 aromatic rings. The normalized spacial score (nSPS) is 12.7. The molecule has 1 atom stereocenters. The highest BCUT2D eigenvalue weighted by Crippen LogP contribution is 2.22. The number of H-pyrrole nitrogens is 1. The maximum absolute atomic E-state index is 12.3. The number of carbonyl (C=O) groups excluding carboxylic acids is 3. The third kappa shape index (κ3) is 4.14. The highest BCUT2D eigenvalue weighted by Gasteiger charge is 2.27. The zero-order valence-corrected chi connectivity index (χ0v) is 14.7. The number of benzene rings is 1. The lowest BCUT2D eigenvalue weighted by Crippen LogP contribution is -2.44. The molecule has 2 N–H and O–H groups in total. The fraction of sp³-hybridized carbons (Fsp3) is 0.353. The van der Waals surface area contributed by atoms with E-state index in [0.29, 0.717) is 15.9 Å². The second-order valence-corrected chi connectivity index (χ2v) is 6.89. The van der Waals surface area contributed by atoms with Crippen LogP contribution >= 0.6 is 11.6 Å². The largest absolute Gasteiger partial charge is 0.458 e. The van der Waals surface area contributed by atoms with Gasteiger partial charge in [-0.2, -0.15) is 0 Å². The van der Waals surface area contributed by atoms with Crippen LogP contribution in [0.15, 0.2) is 24.4 Å². The van der Waals surface area contributed by atoms with Crippen molar-refractivity contribution in [3.8, 4) is 0 Å². The van der Waals surface area contributed by atoms with Gasteiger partial charge in [0, 0.05) is 22.1 Å². The maximum atomic E-state index is 12.3. The number of ketones is 1. The van der Waals surface area contributed by atoms with Gasteiger partial charge in [0.25, 0.3) is 11.7 Å². The minimum absolute atomic E-state index is 0.196. The first kappa shape index (κ1) is 18.0. The zero-order valence-electron chi connectivity index (χ0n) is 13.9. The molecule has 0 saturated carbocycles. The van der Waals surface area contributed by atoms with Crippen LogP contribution in [-0.2, 0) is 14.3 Å². The van der Waals surface area contributed by atoms with Crippen LogP contribution in [0.1, 0.15) is 38.1 Å². The Hall–Kier alpha value is -2.34. The van der Waals surface area contributed by atoms with E-state index in [-0.39, 0.29) is 5.56 Å². The molecule has 128 valence electrons. The molecule has 0 aliphatic carbocycles. The van der Waals surface area contributed by atoms with Crippen LogP contribution in [0.2, 0.25) is 5.02 Å². The Kier molecular flexibility index (Phi) is 4.99. The maximum Gasteiger partial charge on any atom is 0.328 e. The summed E-state index contributed by atoms with van der Waals surface area (Å²) in [4.78, 5) is 39.3. The molecule has 0 aliphatic heterocycles. The Morgan fingerprint density at radius 3 is 2.54 bits per heavy atom. The van der Waals surface area contributed by atoms with Gasteiger partial charge in [-0.25, -0.2) is 4.79 Å². The van der Waals surface area contributed by atoms with Gasteiger partial charge in [0.15, 0.2) is 0 Å². The SMILES string of the molecule is C[C@H](NC(=O)C(=O)c1c[nH]c2ccc(Cl)cc12)C(=O)OC(C)(C)C. The number of esters is 1. The van der Waals surface area contributed by atoms with Gasteiger partial charge in [-0.05, 0) is 45.9 Å². The Bertz CT molecular complexity index is 805. The van der Waals surface area contributed by atoms with Crippen LogP contribution in [0.3, 0.4) is 0 Å². The molecular weight excluding hydrogens is 332 g/mol. The molecular formula is C17H19ClN2O4. The lowest BCUT2D eigenvalue weighted by Gasteiger charge is -2.22. The molecule has 6 nitrogen and oxygen atoms in total. The number of halogens is 1. The Morgan fingerprint density at radius 1 is 1.25 bits per heavy atom. The van der Waals surface area contributed by atoms with Crippen molar-refractivity contribution in [1.82, 2.24) is 10.3 Å². The summed E-state index contributed by atoms with van der Waals surface area (Å²) in [7, 11) is 0. The third-order valence-corrected chi connectivity index (χ3v) is 3.44. The quantitative estimate of drug-likeness (QED) is 0.504. The fourth-order valence-electron chi connectivity index (χ4n) is 2.11. The Labute approximate surface area is 144 Å². The number of hydrogen-bond acceptors (Lipinski definition) is 4. The van der Waals surface area contributed by atoms with Crippen molar-refractivity contribution < 1.29 is 19.1 Å². The predicted octanol–water partition coefficient (Wildman–Crippen LogP) is 2.85. The number of nitrogens with one attached hydrogen (secondary N) is 2. The molecule has 0 aliphatic rings. The first-order valence-corrected chi connectivity index (χ1v) is 7.81. The number of rotatable bonds is 4. The lowest BCUT2D eigenvalue weighted by molar-refractivity contribution is -0.157. The molecule has 0 saturated heterocycles. The van der Waals surface area contributed by atoms with Crippen LogP contribution in [0.4, 0.5) is 0 Å². The van der Waals surface area contributed by atoms with Crippen molar-refractivity contribution in [3.05, 3.63) is 35.0 Å². The predicted molar refractivity (Wildman–Crippen MR) is 91.1 cm³/mol. The van der Waals surface area contributed by atoms with Gasteiger partial charge >= 0.3 is 5.97 Å². The molecule has 0 bridgehead atoms. The summed E-state index contributed by atoms with van der Waals surface area (Å²) in [6, 6.07) is 4.06. The number of hydrogen-bond donors (Lipinski definition) is 2. The van der Waals surface area contributed by atoms with Gasteiger partial charge in [0.05, 0.1) is 5.56 Å². The highest BCUT2D eigenvalue weighted by molar-refractivity contribution is 6.45. The second kappa shape index (κ2) is 6.65. The van der Waals surface area contributed by atoms with E-state index in [1.165, 1.54) is 13.1 Å². The number of ether oxygens (including phenoxy) is 1. The monoisotopic (exact) mass is 350 g/mol. The van der Waals surface area contributed by atoms with E-state index < -0.39 is 29.3 Å². The number of amides is 1. The zero-order chi connectivity index (χ0) is 18.1. The van der Waals surface area contributed by atoms with Crippen LogP contribution in [0, 0.1) is 0 Å². The Balaban J connectivity index is 2.13. The van der Waals surface area contributed by atoms with E-state index in [2.05, 4.69) is 10.3 Å². The molecule has 24 heavy (non-hydrogen) atoms. The van der Waals surface area contributed by atoms with Gasteiger partial charge < -0.3 is 15.0 Å². The molecule has 7 heteroatoms. The molecule has 1 heterocycles. The minimum Gasteiger partial charge on any atom is -0.458 e. The van der Waals surface area contributed by atoms with Crippen molar-refractivity contribution in [3.63, 3.8) is 0 Å². The second-order valence-electron chi connectivity index (χ2n) is 6.45. The summed E-state index contributed by atoms with van der Waals surface area (Å²) in [5.41, 5.74) is 0.213. The van der Waals surface area contributed by atoms with Gasteiger partial charge in [-0.15, -0.1) is 0 Å². The summed E-state index contributed by atoms with van der Waals surface area (Å²) in [6.07, 6.45) is 1.45. The van der Waals surface area contributed by atoms with E-state index in [1.807, 2.05) is 0 Å². The van der Waals surface area contributed by atoms with Crippen LogP contribution in [0.5, 0.6) is 0 Å². The smallest absolute Gasteiger partial charge is 0.328 e. The molecule has 1 aromatic heterocycles. The Morgan fingerprint density at radius 2 is 1.92 bits per heavy atom. The summed E-state index contributed by atoms with van der Waals surface area (Å²) in [5, 5.41) is 3.37. The molecule has 0 spiro atoms. The van der Waals surface area contributed by atoms with Gasteiger partial charge in [-0.1, -0.05) is 11.6 Å². The van der Waals surface area contributed by atoms with Gasteiger partial charge in [0.2, 0.25) is 0 Å². The van der Waals surface area contributed by atoms with Gasteiger partial charge in [0.1, 0.15) is 11.6 Å². The first-order chi connectivity index (χ1) is 11.1. The number of Topliss-reactive ketones (excluding diaryl/α,β-unsaturated/α-hetero) is 1. The van der Waals surface area contributed by atoms with Crippen molar-refractivity contribution in [2.45, 2.75) is 39.3 Å². The van der Waals surface area contributed by atoms with Crippen molar-refractivity contribution in [2.75, 3.05) is 0 Å². The topological polar surface area (TPSA) is 88.3 Å². The number of fused-ring (bicyclic) bond motifs is 1. The molecule has 0 fully saturated rings. The number of aromatic amines is 1. The molecule has 1 aromatic carbocycles. The van der Waals surface area contributed by atoms with E-state index in [4.69, 9.17) is 16.3 Å². The van der Waals surface area contributed by atoms with E-state index >= 15 is 0 Å². The summed E-state index contributed by atoms with van der Waals surface area (Å²) in [6.45, 7) is 6.63. The average molecular weight is 351 g/mol. The van der Waals surface area contributed by atoms with E-state index in [9.17, 15) is 14.4 Å².